The zero-order chi connectivity index (χ0) is 18.6. The van der Waals surface area contributed by atoms with Crippen molar-refractivity contribution < 1.29 is 28.5 Å². The minimum absolute atomic E-state index is 0.0277. The summed E-state index contributed by atoms with van der Waals surface area (Å²) in [6, 6.07) is 7.90. The number of esters is 1. The molecule has 0 saturated carbocycles. The largest absolute Gasteiger partial charge is 0.456 e. The first-order valence-corrected chi connectivity index (χ1v) is 8.50. The predicted octanol–water partition coefficient (Wildman–Crippen LogP) is -1.27. The number of benzene rings is 1. The molecule has 1 aromatic rings. The second-order valence-electron chi connectivity index (χ2n) is 5.11. The average Bonchev–Trinajstić information content (AvgIpc) is 2.82. The molecule has 1 atom stereocenters. The molecular weight excluding hydrogens is 348 g/mol. The number of hydrogen-bond donors (Lipinski definition) is 2. The van der Waals surface area contributed by atoms with E-state index in [4.69, 9.17) is 10.00 Å². The van der Waals surface area contributed by atoms with Gasteiger partial charge >= 0.3 is 5.97 Å². The van der Waals surface area contributed by atoms with Gasteiger partial charge in [0.1, 0.15) is 18.1 Å². The standard InChI is InChI=1S/C15H14N4O5S/c1-9(17)11(6-16)12(20)8-24-14(21)7-18-15-10-4-2-3-5-13(10)25(22,23)19-15/h2-5,11H,1,7-8,17H2,(H,18,19)/p+1/t11-/m1/s1. The van der Waals surface area contributed by atoms with Gasteiger partial charge in [0.25, 0.3) is 10.0 Å². The first-order chi connectivity index (χ1) is 11.8. The Hall–Kier alpha value is -3.03. The van der Waals surface area contributed by atoms with Gasteiger partial charge in [0, 0.05) is 5.56 Å². The van der Waals surface area contributed by atoms with Gasteiger partial charge in [-0.15, -0.1) is 0 Å². The van der Waals surface area contributed by atoms with Crippen molar-refractivity contribution in [3.63, 3.8) is 0 Å². The van der Waals surface area contributed by atoms with Crippen molar-refractivity contribution in [1.82, 2.24) is 4.72 Å². The second-order valence-corrected chi connectivity index (χ2v) is 6.76. The van der Waals surface area contributed by atoms with Crippen LogP contribution in [0.3, 0.4) is 0 Å². The summed E-state index contributed by atoms with van der Waals surface area (Å²) in [7, 11) is -3.69. The van der Waals surface area contributed by atoms with Crippen LogP contribution in [0.5, 0.6) is 0 Å². The van der Waals surface area contributed by atoms with Crippen molar-refractivity contribution in [3.8, 4) is 6.07 Å². The summed E-state index contributed by atoms with van der Waals surface area (Å²) in [6.07, 6.45) is 0. The summed E-state index contributed by atoms with van der Waals surface area (Å²) in [6.45, 7) is 2.32. The van der Waals surface area contributed by atoms with Crippen LogP contribution < -0.4 is 10.5 Å². The molecule has 1 aromatic carbocycles. The summed E-state index contributed by atoms with van der Waals surface area (Å²) in [4.78, 5) is 27.3. The number of carbonyl (C=O) groups excluding carboxylic acids is 2. The number of rotatable bonds is 6. The molecule has 1 aliphatic heterocycles. The second kappa shape index (κ2) is 7.25. The molecule has 9 nitrogen and oxygen atoms in total. The number of nitrogens with zero attached hydrogens (tertiary/aromatic N) is 2. The van der Waals surface area contributed by atoms with E-state index in [2.05, 4.69) is 22.0 Å². The molecule has 1 aliphatic rings. The molecule has 2 rings (SSSR count). The van der Waals surface area contributed by atoms with Gasteiger partial charge in [-0.1, -0.05) is 12.1 Å². The molecule has 4 N–H and O–H groups in total. The van der Waals surface area contributed by atoms with E-state index in [1.54, 1.807) is 24.3 Å². The quantitative estimate of drug-likeness (QED) is 0.601. The molecule has 1 heterocycles. The molecule has 130 valence electrons. The molecule has 0 radical (unpaired) electrons. The zero-order valence-electron chi connectivity index (χ0n) is 13.1. The van der Waals surface area contributed by atoms with Crippen molar-refractivity contribution in [1.29, 1.82) is 5.26 Å². The molecule has 25 heavy (non-hydrogen) atoms. The number of amidine groups is 1. The van der Waals surface area contributed by atoms with Crippen LogP contribution >= 0.6 is 0 Å². The fourth-order valence-corrected chi connectivity index (χ4v) is 3.32. The Morgan fingerprint density at radius 1 is 1.40 bits per heavy atom. The number of ether oxygens (including phenoxy) is 1. The number of carbonyl (C=O) groups is 2. The van der Waals surface area contributed by atoms with Gasteiger partial charge in [-0.25, -0.2) is 8.42 Å². The highest BCUT2D eigenvalue weighted by Gasteiger charge is 2.30. The van der Waals surface area contributed by atoms with Crippen LogP contribution in [0.25, 0.3) is 0 Å². The van der Waals surface area contributed by atoms with Crippen LogP contribution in [0.1, 0.15) is 5.56 Å². The number of allylic oxidation sites excluding steroid dienone is 1. The van der Waals surface area contributed by atoms with Crippen LogP contribution in [0.15, 0.2) is 46.4 Å². The highest BCUT2D eigenvalue weighted by atomic mass is 32.2. The van der Waals surface area contributed by atoms with Gasteiger partial charge < -0.3 is 10.5 Å². The maximum Gasteiger partial charge on any atom is 0.328 e. The smallest absolute Gasteiger partial charge is 0.328 e. The lowest BCUT2D eigenvalue weighted by Gasteiger charge is -2.05. The number of fused-ring (bicyclic) bond motifs is 1. The fraction of sp³-hybridized carbons (Fsp3) is 0.200. The zero-order valence-corrected chi connectivity index (χ0v) is 13.9. The molecule has 0 spiro atoms. The normalized spacial score (nSPS) is 17.0. The summed E-state index contributed by atoms with van der Waals surface area (Å²) in [5, 5.41) is 8.82. The van der Waals surface area contributed by atoms with Crippen LogP contribution in [0.2, 0.25) is 0 Å². The predicted molar refractivity (Wildman–Crippen MR) is 85.3 cm³/mol. The lowest BCUT2D eigenvalue weighted by Crippen LogP contribution is -2.51. The Morgan fingerprint density at radius 2 is 2.08 bits per heavy atom. The number of nitriles is 1. The molecule has 0 aliphatic carbocycles. The third-order valence-electron chi connectivity index (χ3n) is 3.26. The summed E-state index contributed by atoms with van der Waals surface area (Å²) in [5.74, 6) is -2.60. The number of quaternary nitrogens is 1. The van der Waals surface area contributed by atoms with E-state index >= 15 is 0 Å². The fourth-order valence-electron chi connectivity index (χ4n) is 2.07. The van der Waals surface area contributed by atoms with Gasteiger partial charge in [0.05, 0.1) is 11.0 Å². The first-order valence-electron chi connectivity index (χ1n) is 7.01. The SMILES string of the molecule is C=C([NH3+])[C@@H](C#N)C(=O)COC(=O)CN=C1NS(=O)(=O)c2ccccc21. The Kier molecular flexibility index (Phi) is 5.31. The average molecular weight is 363 g/mol. The van der Waals surface area contributed by atoms with Crippen molar-refractivity contribution in [3.05, 3.63) is 42.1 Å². The van der Waals surface area contributed by atoms with Crippen molar-refractivity contribution in [2.75, 3.05) is 13.2 Å². The Morgan fingerprint density at radius 3 is 2.72 bits per heavy atom. The molecule has 0 fully saturated rings. The third kappa shape index (κ3) is 4.09. The highest BCUT2D eigenvalue weighted by molar-refractivity contribution is 7.90. The molecule has 0 saturated heterocycles. The minimum atomic E-state index is -3.69. The maximum absolute atomic E-state index is 11.9. The number of nitrogens with one attached hydrogen (secondary N) is 1. The van der Waals surface area contributed by atoms with E-state index in [1.165, 1.54) is 6.07 Å². The van der Waals surface area contributed by atoms with Gasteiger partial charge in [0.15, 0.2) is 18.3 Å². The number of aliphatic imine (C=N–C) groups is 1. The molecular formula is C15H15N4O5S+. The van der Waals surface area contributed by atoms with Crippen LogP contribution in [-0.4, -0.2) is 39.2 Å². The third-order valence-corrected chi connectivity index (χ3v) is 4.66. The van der Waals surface area contributed by atoms with Crippen LogP contribution in [0.4, 0.5) is 0 Å². The number of sulfonamides is 1. The Balaban J connectivity index is 1.99. The number of ketones is 1. The number of hydrogen-bond acceptors (Lipinski definition) is 7. The summed E-state index contributed by atoms with van der Waals surface area (Å²) < 4.78 is 30.8. The van der Waals surface area contributed by atoms with E-state index < -0.39 is 40.8 Å². The van der Waals surface area contributed by atoms with E-state index in [9.17, 15) is 18.0 Å². The highest BCUT2D eigenvalue weighted by Crippen LogP contribution is 2.21. The van der Waals surface area contributed by atoms with Gasteiger partial charge in [-0.3, -0.25) is 19.3 Å². The maximum atomic E-state index is 11.9. The molecule has 0 aromatic heterocycles. The first kappa shape index (κ1) is 18.3. The topological polar surface area (TPSA) is 153 Å². The summed E-state index contributed by atoms with van der Waals surface area (Å²) in [5.41, 5.74) is 3.88. The monoisotopic (exact) mass is 363 g/mol. The van der Waals surface area contributed by atoms with E-state index in [1.807, 2.05) is 0 Å². The van der Waals surface area contributed by atoms with Crippen LogP contribution in [0, 0.1) is 17.2 Å². The lowest BCUT2D eigenvalue weighted by atomic mass is 10.0. The summed E-state index contributed by atoms with van der Waals surface area (Å²) >= 11 is 0. The van der Waals surface area contributed by atoms with Crippen molar-refractivity contribution in [2.24, 2.45) is 10.9 Å². The van der Waals surface area contributed by atoms with E-state index in [0.29, 0.717) is 5.56 Å². The van der Waals surface area contributed by atoms with Gasteiger partial charge in [-0.2, -0.15) is 5.26 Å². The lowest BCUT2D eigenvalue weighted by molar-refractivity contribution is -0.309. The van der Waals surface area contributed by atoms with Gasteiger partial charge in [0.2, 0.25) is 0 Å². The van der Waals surface area contributed by atoms with Gasteiger partial charge in [-0.05, 0) is 18.7 Å². The molecule has 0 amide bonds. The minimum Gasteiger partial charge on any atom is -0.456 e. The van der Waals surface area contributed by atoms with Crippen molar-refractivity contribution in [2.45, 2.75) is 4.90 Å². The molecule has 0 bridgehead atoms. The number of Topliss-reactive ketones (excluding diaryl/α,β-unsaturated/α-hetero) is 1. The molecule has 0 unspecified atom stereocenters. The Labute approximate surface area is 143 Å². The van der Waals surface area contributed by atoms with Crippen molar-refractivity contribution >= 4 is 27.6 Å². The van der Waals surface area contributed by atoms with Crippen LogP contribution in [-0.2, 0) is 24.3 Å². The molecule has 10 heteroatoms. The van der Waals surface area contributed by atoms with E-state index in [0.717, 1.165) is 0 Å². The Bertz CT molecular complexity index is 914. The van der Waals surface area contributed by atoms with E-state index in [-0.39, 0.29) is 16.4 Å².